The molecule has 1 rings (SSSR count). The maximum atomic E-state index is 12.2. The van der Waals surface area contributed by atoms with Gasteiger partial charge < -0.3 is 24.8 Å². The van der Waals surface area contributed by atoms with E-state index in [0.29, 0.717) is 31.7 Å². The number of hydrogen-bond donors (Lipinski definition) is 2. The van der Waals surface area contributed by atoms with E-state index in [-0.39, 0.29) is 37.0 Å². The summed E-state index contributed by atoms with van der Waals surface area (Å²) < 4.78 is 15.5. The zero-order valence-corrected chi connectivity index (χ0v) is 17.3. The summed E-state index contributed by atoms with van der Waals surface area (Å²) in [6.07, 6.45) is 0.880. The lowest BCUT2D eigenvalue weighted by atomic mass is 9.82. The third-order valence-electron chi connectivity index (χ3n) is 3.97. The van der Waals surface area contributed by atoms with Gasteiger partial charge in [-0.05, 0) is 47.0 Å². The molecule has 2 N–H and O–H groups in total. The Morgan fingerprint density at radius 2 is 1.81 bits per heavy atom. The van der Waals surface area contributed by atoms with Gasteiger partial charge in [0.25, 0.3) is 0 Å². The molecule has 0 spiro atoms. The fourth-order valence-electron chi connectivity index (χ4n) is 2.90. The van der Waals surface area contributed by atoms with Crippen LogP contribution >= 0.6 is 11.6 Å². The van der Waals surface area contributed by atoms with Crippen LogP contribution in [0.1, 0.15) is 47.0 Å². The molecular formula is C18H31ClN2O6. The van der Waals surface area contributed by atoms with Crippen molar-refractivity contribution in [2.75, 3.05) is 25.7 Å². The molecule has 0 heterocycles. The topological polar surface area (TPSA) is 103 Å². The highest BCUT2D eigenvalue weighted by molar-refractivity contribution is 6.17. The van der Waals surface area contributed by atoms with E-state index in [4.69, 9.17) is 25.8 Å². The Morgan fingerprint density at radius 1 is 1.11 bits per heavy atom. The van der Waals surface area contributed by atoms with Gasteiger partial charge in [0.15, 0.2) is 0 Å². The molecule has 8 nitrogen and oxygen atoms in total. The van der Waals surface area contributed by atoms with E-state index in [9.17, 15) is 14.4 Å². The average molecular weight is 407 g/mol. The Morgan fingerprint density at radius 3 is 2.41 bits per heavy atom. The zero-order chi connectivity index (χ0) is 20.4. The number of carbonyl (C=O) groups excluding carboxylic acids is 3. The van der Waals surface area contributed by atoms with Gasteiger partial charge in [0.05, 0.1) is 25.2 Å². The lowest BCUT2D eigenvalue weighted by Crippen LogP contribution is -2.56. The minimum absolute atomic E-state index is 0.107. The monoisotopic (exact) mass is 406 g/mol. The summed E-state index contributed by atoms with van der Waals surface area (Å²) in [6.45, 7) is 7.53. The van der Waals surface area contributed by atoms with Crippen molar-refractivity contribution in [2.45, 2.75) is 64.6 Å². The first-order valence-electron chi connectivity index (χ1n) is 9.25. The fraction of sp³-hybridized carbons (Fsp3) is 0.833. The molecule has 1 saturated carbocycles. The van der Waals surface area contributed by atoms with Gasteiger partial charge in [0.1, 0.15) is 12.2 Å². The van der Waals surface area contributed by atoms with Crippen molar-refractivity contribution >= 4 is 29.6 Å². The highest BCUT2D eigenvalue weighted by Gasteiger charge is 2.37. The molecule has 1 fully saturated rings. The number of amides is 2. The minimum Gasteiger partial charge on any atom is -0.466 e. The molecule has 0 aliphatic heterocycles. The summed E-state index contributed by atoms with van der Waals surface area (Å²) in [6, 6.07) is -0.768. The summed E-state index contributed by atoms with van der Waals surface area (Å²) in [5.74, 6) is -0.606. The van der Waals surface area contributed by atoms with Gasteiger partial charge in [0.2, 0.25) is 5.91 Å². The molecular weight excluding hydrogens is 376 g/mol. The van der Waals surface area contributed by atoms with Crippen molar-refractivity contribution < 1.29 is 28.6 Å². The molecule has 0 unspecified atom stereocenters. The summed E-state index contributed by atoms with van der Waals surface area (Å²) in [5.41, 5.74) is -0.645. The summed E-state index contributed by atoms with van der Waals surface area (Å²) in [4.78, 5) is 36.3. The summed E-state index contributed by atoms with van der Waals surface area (Å²) in [7, 11) is 0. The first-order chi connectivity index (χ1) is 12.7. The number of esters is 1. The van der Waals surface area contributed by atoms with Crippen LogP contribution in [0.15, 0.2) is 0 Å². The molecule has 0 radical (unpaired) electrons. The van der Waals surface area contributed by atoms with Crippen LogP contribution in [0, 0.1) is 5.92 Å². The van der Waals surface area contributed by atoms with E-state index in [1.54, 1.807) is 27.7 Å². The van der Waals surface area contributed by atoms with Crippen LogP contribution in [0.2, 0.25) is 0 Å². The highest BCUT2D eigenvalue weighted by atomic mass is 35.5. The number of alkyl carbamates (subject to hydrolysis) is 1. The van der Waals surface area contributed by atoms with Crippen molar-refractivity contribution in [3.63, 3.8) is 0 Å². The summed E-state index contributed by atoms with van der Waals surface area (Å²) in [5, 5.41) is 5.64. The van der Waals surface area contributed by atoms with Gasteiger partial charge >= 0.3 is 12.1 Å². The molecule has 0 aromatic rings. The van der Waals surface area contributed by atoms with E-state index in [1.165, 1.54) is 0 Å². The molecule has 27 heavy (non-hydrogen) atoms. The van der Waals surface area contributed by atoms with Crippen LogP contribution in [0.25, 0.3) is 0 Å². The van der Waals surface area contributed by atoms with Gasteiger partial charge in [-0.1, -0.05) is 0 Å². The zero-order valence-electron chi connectivity index (χ0n) is 16.5. The third kappa shape index (κ3) is 9.28. The first kappa shape index (κ1) is 23.5. The van der Waals surface area contributed by atoms with Gasteiger partial charge in [-0.3, -0.25) is 9.59 Å². The number of ether oxygens (including phenoxy) is 3. The van der Waals surface area contributed by atoms with Crippen molar-refractivity contribution in [1.29, 1.82) is 0 Å². The van der Waals surface area contributed by atoms with Crippen molar-refractivity contribution in [3.05, 3.63) is 0 Å². The molecule has 1 aliphatic rings. The highest BCUT2D eigenvalue weighted by Crippen LogP contribution is 2.26. The predicted octanol–water partition coefficient (Wildman–Crippen LogP) is 1.98. The Balaban J connectivity index is 2.72. The number of rotatable bonds is 8. The second-order valence-electron chi connectivity index (χ2n) is 7.43. The number of alkyl halides is 1. The number of carbonyl (C=O) groups is 3. The van der Waals surface area contributed by atoms with E-state index in [1.807, 2.05) is 0 Å². The predicted molar refractivity (Wildman–Crippen MR) is 101 cm³/mol. The largest absolute Gasteiger partial charge is 0.466 e. The quantitative estimate of drug-likeness (QED) is 0.363. The molecule has 2 amide bonds. The SMILES string of the molecule is CCOC(=O)[C@H]1CC[C@H](NC(=O)COCCCl)[C@H](NC(=O)OC(C)(C)C)C1. The summed E-state index contributed by atoms with van der Waals surface area (Å²) >= 11 is 5.52. The van der Waals surface area contributed by atoms with Crippen LogP contribution in [0.3, 0.4) is 0 Å². The molecule has 0 aromatic carbocycles. The van der Waals surface area contributed by atoms with Gasteiger partial charge in [0, 0.05) is 11.9 Å². The number of hydrogen-bond acceptors (Lipinski definition) is 6. The Hall–Kier alpha value is -1.54. The molecule has 1 aliphatic carbocycles. The van der Waals surface area contributed by atoms with E-state index < -0.39 is 17.7 Å². The van der Waals surface area contributed by atoms with Crippen molar-refractivity contribution in [3.8, 4) is 0 Å². The number of nitrogens with one attached hydrogen (secondary N) is 2. The number of halogens is 1. The lowest BCUT2D eigenvalue weighted by molar-refractivity contribution is -0.149. The normalized spacial score (nSPS) is 22.6. The smallest absolute Gasteiger partial charge is 0.407 e. The maximum Gasteiger partial charge on any atom is 0.407 e. The lowest BCUT2D eigenvalue weighted by Gasteiger charge is -2.36. The Bertz CT molecular complexity index is 509. The van der Waals surface area contributed by atoms with Gasteiger partial charge in [-0.15, -0.1) is 11.6 Å². The molecule has 9 heteroatoms. The van der Waals surface area contributed by atoms with Crippen LogP contribution in [0.4, 0.5) is 4.79 Å². The van der Waals surface area contributed by atoms with Crippen LogP contribution < -0.4 is 10.6 Å². The third-order valence-corrected chi connectivity index (χ3v) is 4.13. The van der Waals surface area contributed by atoms with Crippen molar-refractivity contribution in [2.24, 2.45) is 5.92 Å². The second-order valence-corrected chi connectivity index (χ2v) is 7.81. The first-order valence-corrected chi connectivity index (χ1v) is 9.79. The Kier molecular flexibility index (Phi) is 9.87. The minimum atomic E-state index is -0.645. The average Bonchev–Trinajstić information content (AvgIpc) is 2.55. The van der Waals surface area contributed by atoms with Crippen LogP contribution in [0.5, 0.6) is 0 Å². The van der Waals surface area contributed by atoms with Crippen LogP contribution in [-0.4, -0.2) is 61.4 Å². The maximum absolute atomic E-state index is 12.2. The fourth-order valence-corrected chi connectivity index (χ4v) is 3.01. The molecule has 3 atom stereocenters. The molecule has 156 valence electrons. The Labute approximate surface area is 165 Å². The van der Waals surface area contributed by atoms with Crippen molar-refractivity contribution in [1.82, 2.24) is 10.6 Å². The standard InChI is InChI=1S/C18H31ClN2O6/c1-5-26-16(23)12-6-7-13(20-15(22)11-25-9-8-19)14(10-12)21-17(24)27-18(2,3)4/h12-14H,5-11H2,1-4H3,(H,20,22)(H,21,24)/t12-,13-,14+/m0/s1. The van der Waals surface area contributed by atoms with Crippen LogP contribution in [-0.2, 0) is 23.8 Å². The molecule has 0 saturated heterocycles. The van der Waals surface area contributed by atoms with E-state index in [0.717, 1.165) is 0 Å². The second kappa shape index (κ2) is 11.3. The van der Waals surface area contributed by atoms with E-state index in [2.05, 4.69) is 10.6 Å². The molecule has 0 bridgehead atoms. The van der Waals surface area contributed by atoms with E-state index >= 15 is 0 Å². The molecule has 0 aromatic heterocycles. The van der Waals surface area contributed by atoms with Gasteiger partial charge in [-0.2, -0.15) is 0 Å². The van der Waals surface area contributed by atoms with Gasteiger partial charge in [-0.25, -0.2) is 4.79 Å².